The van der Waals surface area contributed by atoms with E-state index in [0.717, 1.165) is 57.4 Å². The highest BCUT2D eigenvalue weighted by Gasteiger charge is 2.34. The Kier molecular flexibility index (Phi) is 10.0. The first kappa shape index (κ1) is 29.8. The van der Waals surface area contributed by atoms with Crippen LogP contribution >= 0.6 is 15.9 Å². The predicted octanol–water partition coefficient (Wildman–Crippen LogP) is 5.22. The lowest BCUT2D eigenvalue weighted by atomic mass is 10.0. The van der Waals surface area contributed by atoms with Crippen LogP contribution in [0.3, 0.4) is 0 Å². The second-order valence-electron chi connectivity index (χ2n) is 10.5. The summed E-state index contributed by atoms with van der Waals surface area (Å²) in [5, 5.41) is 3.18. The molecular weight excluding hydrogens is 590 g/mol. The molecule has 0 radical (unpaired) electrons. The number of carbonyl (C=O) groups excluding carboxylic acids is 2. The summed E-state index contributed by atoms with van der Waals surface area (Å²) in [6, 6.07) is 23.5. The molecule has 7 nitrogen and oxygen atoms in total. The molecule has 0 bridgehead atoms. The zero-order valence-corrected chi connectivity index (χ0v) is 25.3. The van der Waals surface area contributed by atoms with E-state index in [-0.39, 0.29) is 18.5 Å². The number of amides is 2. The summed E-state index contributed by atoms with van der Waals surface area (Å²) in [6.45, 7) is 1.61. The Hall–Kier alpha value is -3.17. The van der Waals surface area contributed by atoms with Crippen molar-refractivity contribution in [3.05, 3.63) is 100 Å². The molecule has 0 aliphatic heterocycles. The topological polar surface area (TPSA) is 86.8 Å². The number of hydrogen-bond acceptors (Lipinski definition) is 4. The first-order chi connectivity index (χ1) is 19.1. The van der Waals surface area contributed by atoms with Gasteiger partial charge in [-0.05, 0) is 60.7 Å². The van der Waals surface area contributed by atoms with Gasteiger partial charge in [0, 0.05) is 23.5 Å². The third kappa shape index (κ3) is 8.17. The molecule has 0 unspecified atom stereocenters. The van der Waals surface area contributed by atoms with Crippen LogP contribution < -0.4 is 9.62 Å². The normalized spacial score (nSPS) is 14.5. The molecule has 0 aromatic heterocycles. The molecule has 0 heterocycles. The maximum absolute atomic E-state index is 14.1. The van der Waals surface area contributed by atoms with E-state index >= 15 is 0 Å². The monoisotopic (exact) mass is 625 g/mol. The van der Waals surface area contributed by atoms with E-state index in [1.165, 1.54) is 4.90 Å². The van der Waals surface area contributed by atoms with Gasteiger partial charge in [0.1, 0.15) is 12.6 Å². The molecule has 0 saturated heterocycles. The number of benzene rings is 3. The van der Waals surface area contributed by atoms with E-state index in [2.05, 4.69) is 21.2 Å². The fraction of sp³-hybridized carbons (Fsp3) is 0.355. The van der Waals surface area contributed by atoms with Crippen LogP contribution in [0.25, 0.3) is 0 Å². The van der Waals surface area contributed by atoms with Gasteiger partial charge in [-0.15, -0.1) is 0 Å². The van der Waals surface area contributed by atoms with E-state index in [1.54, 1.807) is 18.2 Å². The molecule has 3 aromatic carbocycles. The summed E-state index contributed by atoms with van der Waals surface area (Å²) >= 11 is 3.45. The van der Waals surface area contributed by atoms with E-state index < -0.39 is 28.5 Å². The maximum Gasteiger partial charge on any atom is 0.244 e. The van der Waals surface area contributed by atoms with Gasteiger partial charge >= 0.3 is 0 Å². The second kappa shape index (κ2) is 13.5. The first-order valence-electron chi connectivity index (χ1n) is 13.5. The number of rotatable bonds is 11. The SMILES string of the molecule is Cc1cccc(N(CC(=O)N(Cc2ccc(Br)cc2)[C@@H](Cc2ccccc2)C(=O)NC2CCCC2)S(C)(=O)=O)c1. The summed E-state index contributed by atoms with van der Waals surface area (Å²) in [4.78, 5) is 29.5. The predicted molar refractivity (Wildman–Crippen MR) is 162 cm³/mol. The van der Waals surface area contributed by atoms with Crippen molar-refractivity contribution < 1.29 is 18.0 Å². The van der Waals surface area contributed by atoms with Crippen molar-refractivity contribution >= 4 is 43.5 Å². The van der Waals surface area contributed by atoms with Gasteiger partial charge in [0.15, 0.2) is 0 Å². The van der Waals surface area contributed by atoms with Crippen LogP contribution in [-0.4, -0.2) is 50.0 Å². The molecule has 40 heavy (non-hydrogen) atoms. The molecule has 0 spiro atoms. The fourth-order valence-electron chi connectivity index (χ4n) is 5.10. The number of aryl methyl sites for hydroxylation is 1. The van der Waals surface area contributed by atoms with Crippen molar-refractivity contribution in [1.29, 1.82) is 0 Å². The third-order valence-corrected chi connectivity index (χ3v) is 8.88. The Bertz CT molecular complexity index is 1410. The number of halogens is 1. The van der Waals surface area contributed by atoms with Crippen molar-refractivity contribution in [2.75, 3.05) is 17.1 Å². The largest absolute Gasteiger partial charge is 0.352 e. The van der Waals surface area contributed by atoms with Crippen molar-refractivity contribution in [2.45, 2.75) is 57.7 Å². The Morgan fingerprint density at radius 3 is 2.25 bits per heavy atom. The lowest BCUT2D eigenvalue weighted by Crippen LogP contribution is -2.54. The van der Waals surface area contributed by atoms with Crippen LogP contribution in [0.5, 0.6) is 0 Å². The summed E-state index contributed by atoms with van der Waals surface area (Å²) < 4.78 is 27.8. The number of sulfonamides is 1. The molecule has 1 aliphatic rings. The van der Waals surface area contributed by atoms with Gasteiger partial charge in [-0.1, -0.05) is 83.4 Å². The molecule has 1 fully saturated rings. The van der Waals surface area contributed by atoms with Crippen LogP contribution in [0.1, 0.15) is 42.4 Å². The summed E-state index contributed by atoms with van der Waals surface area (Å²) in [7, 11) is -3.79. The standard InChI is InChI=1S/C31H36BrN3O4S/c1-23-9-8-14-28(19-23)35(40(2,38)39)22-30(36)34(21-25-15-17-26(32)18-16-25)29(20-24-10-4-3-5-11-24)31(37)33-27-12-6-7-13-27/h3-5,8-11,14-19,27,29H,6-7,12-13,20-22H2,1-2H3,(H,33,37)/t29-/m0/s1. The quantitative estimate of drug-likeness (QED) is 0.316. The van der Waals surface area contributed by atoms with E-state index in [4.69, 9.17) is 0 Å². The molecule has 1 N–H and O–H groups in total. The fourth-order valence-corrected chi connectivity index (χ4v) is 6.21. The van der Waals surface area contributed by atoms with Gasteiger partial charge in [0.2, 0.25) is 21.8 Å². The van der Waals surface area contributed by atoms with Crippen molar-refractivity contribution in [3.63, 3.8) is 0 Å². The van der Waals surface area contributed by atoms with Crippen LogP contribution in [0.15, 0.2) is 83.3 Å². The van der Waals surface area contributed by atoms with Gasteiger partial charge < -0.3 is 10.2 Å². The van der Waals surface area contributed by atoms with Gasteiger partial charge in [0.05, 0.1) is 11.9 Å². The van der Waals surface area contributed by atoms with Gasteiger partial charge in [-0.25, -0.2) is 8.42 Å². The highest BCUT2D eigenvalue weighted by atomic mass is 79.9. The lowest BCUT2D eigenvalue weighted by molar-refractivity contribution is -0.140. The van der Waals surface area contributed by atoms with E-state index in [1.807, 2.05) is 67.6 Å². The third-order valence-electron chi connectivity index (χ3n) is 7.21. The molecular formula is C31H36BrN3O4S. The number of nitrogens with one attached hydrogen (secondary N) is 1. The van der Waals surface area contributed by atoms with Gasteiger partial charge in [-0.2, -0.15) is 0 Å². The minimum Gasteiger partial charge on any atom is -0.352 e. The molecule has 4 rings (SSSR count). The minimum atomic E-state index is -3.79. The summed E-state index contributed by atoms with van der Waals surface area (Å²) in [5.41, 5.74) is 3.05. The first-order valence-corrected chi connectivity index (χ1v) is 16.2. The summed E-state index contributed by atoms with van der Waals surface area (Å²) in [6.07, 6.45) is 5.37. The zero-order chi connectivity index (χ0) is 28.7. The number of anilines is 1. The van der Waals surface area contributed by atoms with Gasteiger partial charge in [-0.3, -0.25) is 13.9 Å². The van der Waals surface area contributed by atoms with Gasteiger partial charge in [0.25, 0.3) is 0 Å². The smallest absolute Gasteiger partial charge is 0.244 e. The number of carbonyl (C=O) groups is 2. The molecule has 212 valence electrons. The average molecular weight is 627 g/mol. The number of hydrogen-bond donors (Lipinski definition) is 1. The number of nitrogens with zero attached hydrogens (tertiary/aromatic N) is 2. The Balaban J connectivity index is 1.72. The molecule has 9 heteroatoms. The second-order valence-corrected chi connectivity index (χ2v) is 13.3. The van der Waals surface area contributed by atoms with Crippen molar-refractivity contribution in [1.82, 2.24) is 10.2 Å². The Morgan fingerprint density at radius 1 is 0.950 bits per heavy atom. The highest BCUT2D eigenvalue weighted by molar-refractivity contribution is 9.10. The maximum atomic E-state index is 14.1. The molecule has 2 amide bonds. The summed E-state index contributed by atoms with van der Waals surface area (Å²) in [5.74, 6) is -0.667. The Labute approximate surface area is 245 Å². The Morgan fingerprint density at radius 2 is 1.62 bits per heavy atom. The zero-order valence-electron chi connectivity index (χ0n) is 22.9. The molecule has 1 aliphatic carbocycles. The van der Waals surface area contributed by atoms with Crippen LogP contribution in [-0.2, 0) is 32.6 Å². The van der Waals surface area contributed by atoms with Crippen molar-refractivity contribution in [3.8, 4) is 0 Å². The minimum absolute atomic E-state index is 0.0789. The highest BCUT2D eigenvalue weighted by Crippen LogP contribution is 2.23. The van der Waals surface area contributed by atoms with Crippen LogP contribution in [0.2, 0.25) is 0 Å². The van der Waals surface area contributed by atoms with E-state index in [9.17, 15) is 18.0 Å². The average Bonchev–Trinajstić information content (AvgIpc) is 3.43. The lowest BCUT2D eigenvalue weighted by Gasteiger charge is -2.34. The van der Waals surface area contributed by atoms with Crippen molar-refractivity contribution in [2.24, 2.45) is 0 Å². The van der Waals surface area contributed by atoms with E-state index in [0.29, 0.717) is 12.1 Å². The molecule has 1 saturated carbocycles. The molecule has 3 aromatic rings. The molecule has 1 atom stereocenters. The van der Waals surface area contributed by atoms with Crippen LogP contribution in [0.4, 0.5) is 5.69 Å². The van der Waals surface area contributed by atoms with Crippen LogP contribution in [0, 0.1) is 6.92 Å².